The van der Waals surface area contributed by atoms with Crippen molar-refractivity contribution in [2.45, 2.75) is 24.8 Å². The summed E-state index contributed by atoms with van der Waals surface area (Å²) in [6.07, 6.45) is 2.39. The molecule has 2 nitrogen and oxygen atoms in total. The van der Waals surface area contributed by atoms with Gasteiger partial charge in [0.15, 0.2) is 0 Å². The molecule has 2 aliphatic rings. The lowest BCUT2D eigenvalue weighted by Gasteiger charge is -2.18. The van der Waals surface area contributed by atoms with E-state index < -0.39 is 0 Å². The van der Waals surface area contributed by atoms with E-state index in [0.717, 1.165) is 18.1 Å². The molecule has 2 N–H and O–H groups in total. The van der Waals surface area contributed by atoms with E-state index >= 15 is 0 Å². The Morgan fingerprint density at radius 2 is 1.86 bits per heavy atom. The van der Waals surface area contributed by atoms with E-state index in [4.69, 9.17) is 11.6 Å². The first-order valence-electron chi connectivity index (χ1n) is 7.69. The van der Waals surface area contributed by atoms with Gasteiger partial charge in [-0.15, -0.1) is 0 Å². The Kier molecular flexibility index (Phi) is 3.36. The third-order valence-electron chi connectivity index (χ3n) is 4.70. The van der Waals surface area contributed by atoms with E-state index in [1.807, 2.05) is 12.1 Å². The first kappa shape index (κ1) is 13.2. The molecule has 0 saturated carbocycles. The number of nitrogens with one attached hydrogen (secondary N) is 2. The molecule has 0 aliphatic carbocycles. The lowest BCUT2D eigenvalue weighted by molar-refractivity contribution is 0.579. The second kappa shape index (κ2) is 5.36. The van der Waals surface area contributed by atoms with Gasteiger partial charge in [-0.3, -0.25) is 0 Å². The van der Waals surface area contributed by atoms with E-state index in [9.17, 15) is 0 Å². The Hall–Kier alpha value is -1.51. The zero-order chi connectivity index (χ0) is 14.2. The van der Waals surface area contributed by atoms with Crippen molar-refractivity contribution in [1.29, 1.82) is 0 Å². The Bertz CT molecular complexity index is 668. The van der Waals surface area contributed by atoms with Crippen molar-refractivity contribution in [1.82, 2.24) is 5.32 Å². The normalized spacial score (nSPS) is 23.9. The first-order valence-corrected chi connectivity index (χ1v) is 8.07. The van der Waals surface area contributed by atoms with Gasteiger partial charge in [-0.05, 0) is 60.8 Å². The number of anilines is 1. The van der Waals surface area contributed by atoms with Gasteiger partial charge in [0.1, 0.15) is 0 Å². The summed E-state index contributed by atoms with van der Waals surface area (Å²) < 4.78 is 0. The van der Waals surface area contributed by atoms with Gasteiger partial charge in [0.2, 0.25) is 0 Å². The molecule has 2 aromatic carbocycles. The van der Waals surface area contributed by atoms with E-state index in [2.05, 4.69) is 41.0 Å². The Balaban J connectivity index is 1.83. The third-order valence-corrected chi connectivity index (χ3v) is 4.94. The van der Waals surface area contributed by atoms with Crippen LogP contribution in [0.5, 0.6) is 0 Å². The van der Waals surface area contributed by atoms with Gasteiger partial charge < -0.3 is 10.6 Å². The minimum atomic E-state index is 0.565. The summed E-state index contributed by atoms with van der Waals surface area (Å²) in [5, 5.41) is 8.04. The van der Waals surface area contributed by atoms with Crippen LogP contribution < -0.4 is 10.6 Å². The highest BCUT2D eigenvalue weighted by molar-refractivity contribution is 6.30. The summed E-state index contributed by atoms with van der Waals surface area (Å²) >= 11 is 6.18. The van der Waals surface area contributed by atoms with Crippen LogP contribution in [0, 0.1) is 0 Å². The maximum absolute atomic E-state index is 6.18. The maximum Gasteiger partial charge on any atom is 0.0412 e. The van der Waals surface area contributed by atoms with Crippen LogP contribution in [-0.2, 0) is 0 Å². The fourth-order valence-electron chi connectivity index (χ4n) is 3.76. The summed E-state index contributed by atoms with van der Waals surface area (Å²) in [6.45, 7) is 2.21. The third kappa shape index (κ3) is 2.33. The van der Waals surface area contributed by atoms with Gasteiger partial charge in [-0.25, -0.2) is 0 Å². The number of hydrogen-bond acceptors (Lipinski definition) is 2. The van der Waals surface area contributed by atoms with Crippen LogP contribution >= 0.6 is 11.6 Å². The lowest BCUT2D eigenvalue weighted by atomic mass is 9.86. The van der Waals surface area contributed by atoms with Crippen LogP contribution in [-0.4, -0.2) is 19.1 Å². The van der Waals surface area contributed by atoms with E-state index in [0.29, 0.717) is 12.0 Å². The van der Waals surface area contributed by atoms with Gasteiger partial charge in [0.25, 0.3) is 0 Å². The van der Waals surface area contributed by atoms with E-state index in [1.165, 1.54) is 35.2 Å². The van der Waals surface area contributed by atoms with Gasteiger partial charge in [-0.1, -0.05) is 35.9 Å². The van der Waals surface area contributed by atoms with E-state index in [1.54, 1.807) is 0 Å². The second-order valence-electron chi connectivity index (χ2n) is 5.96. The minimum absolute atomic E-state index is 0.565. The van der Waals surface area contributed by atoms with Crippen LogP contribution in [0.3, 0.4) is 0 Å². The molecule has 0 spiro atoms. The molecule has 108 valence electrons. The van der Waals surface area contributed by atoms with Crippen molar-refractivity contribution < 1.29 is 0 Å². The van der Waals surface area contributed by atoms with Crippen molar-refractivity contribution in [3.63, 3.8) is 0 Å². The van der Waals surface area contributed by atoms with Crippen LogP contribution in [0.4, 0.5) is 5.69 Å². The molecule has 2 atom stereocenters. The zero-order valence-corrected chi connectivity index (χ0v) is 12.7. The molecule has 4 rings (SSSR count). The smallest absolute Gasteiger partial charge is 0.0412 e. The van der Waals surface area contributed by atoms with E-state index in [-0.39, 0.29) is 0 Å². The van der Waals surface area contributed by atoms with Crippen molar-refractivity contribution >= 4 is 17.3 Å². The minimum Gasteiger partial charge on any atom is -0.381 e. The molecule has 0 bridgehead atoms. The Morgan fingerprint density at radius 1 is 1.00 bits per heavy atom. The maximum atomic E-state index is 6.18. The molecule has 2 unspecified atom stereocenters. The molecule has 3 heteroatoms. The highest BCUT2D eigenvalue weighted by Gasteiger charge is 2.34. The predicted octanol–water partition coefficient (Wildman–Crippen LogP) is 4.27. The molecular formula is C18H19ClN2. The molecule has 1 saturated heterocycles. The summed E-state index contributed by atoms with van der Waals surface area (Å²) in [7, 11) is 0. The summed E-state index contributed by atoms with van der Waals surface area (Å²) in [5.74, 6) is 0.602. The van der Waals surface area contributed by atoms with Crippen molar-refractivity contribution in [3.05, 3.63) is 53.1 Å². The summed E-state index contributed by atoms with van der Waals surface area (Å²) in [5.41, 5.74) is 5.34. The molecule has 21 heavy (non-hydrogen) atoms. The first-order chi connectivity index (χ1) is 10.3. The average molecular weight is 299 g/mol. The largest absolute Gasteiger partial charge is 0.381 e. The fraction of sp³-hybridized carbons (Fsp3) is 0.333. The van der Waals surface area contributed by atoms with Crippen LogP contribution in [0.1, 0.15) is 24.3 Å². The lowest BCUT2D eigenvalue weighted by Crippen LogP contribution is -2.21. The SMILES string of the molecule is Clc1cccc(-c2cccc3c2C2CCNCCC2N3)c1. The topological polar surface area (TPSA) is 24.1 Å². The molecule has 0 amide bonds. The number of rotatable bonds is 1. The molecule has 0 radical (unpaired) electrons. The van der Waals surface area contributed by atoms with Gasteiger partial charge in [-0.2, -0.15) is 0 Å². The molecule has 0 aromatic heterocycles. The Labute approximate surface area is 130 Å². The molecule has 2 aromatic rings. The predicted molar refractivity (Wildman–Crippen MR) is 89.1 cm³/mol. The van der Waals surface area contributed by atoms with Crippen molar-refractivity contribution in [3.8, 4) is 11.1 Å². The second-order valence-corrected chi connectivity index (χ2v) is 6.40. The molecular weight excluding hydrogens is 280 g/mol. The number of halogens is 1. The summed E-state index contributed by atoms with van der Waals surface area (Å²) in [4.78, 5) is 0. The standard InChI is InChI=1S/C18H19ClN2/c19-13-4-1-3-12(11-13)14-5-2-6-17-18(14)15-7-9-20-10-8-16(15)21-17/h1-6,11,15-16,20-21H,7-10H2. The van der Waals surface area contributed by atoms with Crippen LogP contribution in [0.25, 0.3) is 11.1 Å². The zero-order valence-electron chi connectivity index (χ0n) is 11.9. The number of hydrogen-bond donors (Lipinski definition) is 2. The molecule has 2 heterocycles. The van der Waals surface area contributed by atoms with Gasteiger partial charge in [0, 0.05) is 22.7 Å². The van der Waals surface area contributed by atoms with Gasteiger partial charge >= 0.3 is 0 Å². The quantitative estimate of drug-likeness (QED) is 0.821. The molecule has 1 fully saturated rings. The van der Waals surface area contributed by atoms with Crippen molar-refractivity contribution in [2.24, 2.45) is 0 Å². The number of benzene rings is 2. The van der Waals surface area contributed by atoms with Crippen LogP contribution in [0.15, 0.2) is 42.5 Å². The monoisotopic (exact) mass is 298 g/mol. The fourth-order valence-corrected chi connectivity index (χ4v) is 3.95. The highest BCUT2D eigenvalue weighted by Crippen LogP contribution is 2.45. The highest BCUT2D eigenvalue weighted by atomic mass is 35.5. The molecule has 2 aliphatic heterocycles. The summed E-state index contributed by atoms with van der Waals surface area (Å²) in [6, 6.07) is 15.3. The average Bonchev–Trinajstić information content (AvgIpc) is 2.69. The Morgan fingerprint density at radius 3 is 2.76 bits per heavy atom. The number of fused-ring (bicyclic) bond motifs is 3. The van der Waals surface area contributed by atoms with Gasteiger partial charge in [0.05, 0.1) is 0 Å². The van der Waals surface area contributed by atoms with Crippen molar-refractivity contribution in [2.75, 3.05) is 18.4 Å². The van der Waals surface area contributed by atoms with Crippen LogP contribution in [0.2, 0.25) is 5.02 Å².